The molecule has 1 aromatic rings. The molecule has 1 saturated heterocycles. The van der Waals surface area contributed by atoms with Crippen LogP contribution in [0.15, 0.2) is 18.2 Å². The van der Waals surface area contributed by atoms with Gasteiger partial charge in [-0.05, 0) is 18.7 Å². The molecule has 6 nitrogen and oxygen atoms in total. The van der Waals surface area contributed by atoms with Gasteiger partial charge in [0.05, 0.1) is 4.92 Å². The van der Waals surface area contributed by atoms with Gasteiger partial charge < -0.3 is 9.80 Å². The number of rotatable bonds is 3. The van der Waals surface area contributed by atoms with E-state index < -0.39 is 4.92 Å². The van der Waals surface area contributed by atoms with E-state index in [9.17, 15) is 14.9 Å². The van der Waals surface area contributed by atoms with Crippen LogP contribution in [0.4, 0.5) is 5.69 Å². The molecule has 0 saturated carbocycles. The summed E-state index contributed by atoms with van der Waals surface area (Å²) < 4.78 is 0. The summed E-state index contributed by atoms with van der Waals surface area (Å²) in [5, 5.41) is 11.3. The number of carbonyl (C=O) groups is 1. The lowest BCUT2D eigenvalue weighted by Crippen LogP contribution is -2.48. The van der Waals surface area contributed by atoms with Crippen LogP contribution in [0.25, 0.3) is 0 Å². The molecule has 0 spiro atoms. The molecule has 7 heteroatoms. The fourth-order valence-corrected chi connectivity index (χ4v) is 2.44. The lowest BCUT2D eigenvalue weighted by Gasteiger charge is -2.34. The van der Waals surface area contributed by atoms with Gasteiger partial charge in [-0.3, -0.25) is 14.9 Å². The smallest absolute Gasteiger partial charge is 0.283 e. The number of nitro groups is 1. The normalized spacial score (nSPS) is 16.2. The van der Waals surface area contributed by atoms with Crippen LogP contribution >= 0.6 is 11.6 Å². The van der Waals surface area contributed by atoms with Gasteiger partial charge in [0.2, 0.25) is 0 Å². The van der Waals surface area contributed by atoms with E-state index in [2.05, 4.69) is 11.8 Å². The third kappa shape index (κ3) is 3.08. The van der Waals surface area contributed by atoms with Crippen molar-refractivity contribution in [1.29, 1.82) is 0 Å². The molecule has 1 amide bonds. The van der Waals surface area contributed by atoms with Gasteiger partial charge in [0.15, 0.2) is 0 Å². The summed E-state index contributed by atoms with van der Waals surface area (Å²) in [4.78, 5) is 26.7. The van der Waals surface area contributed by atoms with Gasteiger partial charge in [0.25, 0.3) is 11.6 Å². The molecule has 0 aliphatic carbocycles. The number of likely N-dealkylation sites (N-methyl/N-ethyl adjacent to an activating group) is 1. The fourth-order valence-electron chi connectivity index (χ4n) is 2.27. The van der Waals surface area contributed by atoms with Crippen LogP contribution in [-0.4, -0.2) is 53.4 Å². The van der Waals surface area contributed by atoms with Crippen molar-refractivity contribution < 1.29 is 9.72 Å². The number of nitro benzene ring substituents is 1. The van der Waals surface area contributed by atoms with Crippen molar-refractivity contribution in [1.82, 2.24) is 9.80 Å². The van der Waals surface area contributed by atoms with Crippen LogP contribution in [0, 0.1) is 10.1 Å². The van der Waals surface area contributed by atoms with Crippen molar-refractivity contribution in [3.05, 3.63) is 38.9 Å². The standard InChI is InChI=1S/C13H16ClN3O3/c1-2-15-5-7-16(8-6-15)13(18)11-4-3-10(14)9-12(11)17(19)20/h3-4,9H,2,5-8H2,1H3. The van der Waals surface area contributed by atoms with Gasteiger partial charge in [-0.2, -0.15) is 0 Å². The predicted octanol–water partition coefficient (Wildman–Crippen LogP) is 2.03. The Kier molecular flexibility index (Phi) is 4.57. The van der Waals surface area contributed by atoms with E-state index in [1.165, 1.54) is 18.2 Å². The zero-order chi connectivity index (χ0) is 14.7. The Morgan fingerprint density at radius 1 is 1.35 bits per heavy atom. The van der Waals surface area contributed by atoms with Gasteiger partial charge in [-0.1, -0.05) is 18.5 Å². The molecule has 0 unspecified atom stereocenters. The van der Waals surface area contributed by atoms with E-state index in [-0.39, 0.29) is 22.2 Å². The summed E-state index contributed by atoms with van der Waals surface area (Å²) in [5.74, 6) is -0.302. The highest BCUT2D eigenvalue weighted by atomic mass is 35.5. The maximum atomic E-state index is 12.4. The third-order valence-corrected chi connectivity index (χ3v) is 3.73. The maximum absolute atomic E-state index is 12.4. The summed E-state index contributed by atoms with van der Waals surface area (Å²) in [7, 11) is 0. The fraction of sp³-hybridized carbons (Fsp3) is 0.462. The second-order valence-electron chi connectivity index (χ2n) is 4.65. The van der Waals surface area contributed by atoms with Crippen LogP contribution in [-0.2, 0) is 0 Å². The summed E-state index contributed by atoms with van der Waals surface area (Å²) in [6.45, 7) is 5.79. The Morgan fingerprint density at radius 3 is 2.55 bits per heavy atom. The number of halogens is 1. The molecule has 20 heavy (non-hydrogen) atoms. The average Bonchev–Trinajstić information content (AvgIpc) is 2.46. The van der Waals surface area contributed by atoms with E-state index in [1.807, 2.05) is 0 Å². The minimum Gasteiger partial charge on any atom is -0.336 e. The second kappa shape index (κ2) is 6.19. The topological polar surface area (TPSA) is 66.7 Å². The molecule has 0 atom stereocenters. The zero-order valence-corrected chi connectivity index (χ0v) is 12.0. The highest BCUT2D eigenvalue weighted by Crippen LogP contribution is 2.24. The first-order chi connectivity index (χ1) is 9.52. The second-order valence-corrected chi connectivity index (χ2v) is 5.08. The van der Waals surface area contributed by atoms with Gasteiger partial charge in [0, 0.05) is 37.3 Å². The first-order valence-corrected chi connectivity index (χ1v) is 6.86. The monoisotopic (exact) mass is 297 g/mol. The van der Waals surface area contributed by atoms with E-state index in [4.69, 9.17) is 11.6 Å². The van der Waals surface area contributed by atoms with Crippen molar-refractivity contribution in [3.63, 3.8) is 0 Å². The SMILES string of the molecule is CCN1CCN(C(=O)c2ccc(Cl)cc2[N+](=O)[O-])CC1. The van der Waals surface area contributed by atoms with Crippen molar-refractivity contribution in [2.45, 2.75) is 6.92 Å². The quantitative estimate of drug-likeness (QED) is 0.632. The van der Waals surface area contributed by atoms with E-state index in [0.717, 1.165) is 19.6 Å². The first-order valence-electron chi connectivity index (χ1n) is 6.48. The van der Waals surface area contributed by atoms with Gasteiger partial charge in [-0.15, -0.1) is 0 Å². The van der Waals surface area contributed by atoms with E-state index >= 15 is 0 Å². The maximum Gasteiger partial charge on any atom is 0.283 e. The minimum atomic E-state index is -0.568. The van der Waals surface area contributed by atoms with E-state index in [0.29, 0.717) is 13.1 Å². The molecule has 0 bridgehead atoms. The van der Waals surface area contributed by atoms with Crippen LogP contribution in [0.1, 0.15) is 17.3 Å². The lowest BCUT2D eigenvalue weighted by atomic mass is 10.1. The number of hydrogen-bond donors (Lipinski definition) is 0. The number of amides is 1. The molecule has 1 aliphatic heterocycles. The van der Waals surface area contributed by atoms with Crippen LogP contribution < -0.4 is 0 Å². The number of carbonyl (C=O) groups excluding carboxylic acids is 1. The zero-order valence-electron chi connectivity index (χ0n) is 11.2. The molecular weight excluding hydrogens is 282 g/mol. The molecule has 1 aliphatic rings. The summed E-state index contributed by atoms with van der Waals surface area (Å²) in [6, 6.07) is 4.15. The molecule has 108 valence electrons. The summed E-state index contributed by atoms with van der Waals surface area (Å²) in [5.41, 5.74) is -0.134. The molecular formula is C13H16ClN3O3. The van der Waals surface area contributed by atoms with Crippen LogP contribution in [0.2, 0.25) is 5.02 Å². The number of hydrogen-bond acceptors (Lipinski definition) is 4. The highest BCUT2D eigenvalue weighted by molar-refractivity contribution is 6.31. The van der Waals surface area contributed by atoms with Crippen molar-refractivity contribution in [2.24, 2.45) is 0 Å². The predicted molar refractivity (Wildman–Crippen MR) is 76.1 cm³/mol. The van der Waals surface area contributed by atoms with Crippen molar-refractivity contribution in [3.8, 4) is 0 Å². The van der Waals surface area contributed by atoms with Crippen LogP contribution in [0.3, 0.4) is 0 Å². The molecule has 1 fully saturated rings. The number of piperazine rings is 1. The van der Waals surface area contributed by atoms with Gasteiger partial charge in [0.1, 0.15) is 5.56 Å². The Hall–Kier alpha value is -1.66. The molecule has 0 radical (unpaired) electrons. The van der Waals surface area contributed by atoms with Crippen molar-refractivity contribution in [2.75, 3.05) is 32.7 Å². The Balaban J connectivity index is 2.19. The number of nitrogens with zero attached hydrogens (tertiary/aromatic N) is 3. The highest BCUT2D eigenvalue weighted by Gasteiger charge is 2.27. The Labute approximate surface area is 122 Å². The van der Waals surface area contributed by atoms with Crippen molar-refractivity contribution >= 4 is 23.2 Å². The van der Waals surface area contributed by atoms with Gasteiger partial charge >= 0.3 is 0 Å². The minimum absolute atomic E-state index is 0.101. The Bertz CT molecular complexity index is 528. The third-order valence-electron chi connectivity index (χ3n) is 3.49. The molecule has 2 rings (SSSR count). The lowest BCUT2D eigenvalue weighted by molar-refractivity contribution is -0.385. The average molecular weight is 298 g/mol. The molecule has 0 N–H and O–H groups in total. The molecule has 1 heterocycles. The van der Waals surface area contributed by atoms with Gasteiger partial charge in [-0.25, -0.2) is 0 Å². The van der Waals surface area contributed by atoms with E-state index in [1.54, 1.807) is 4.90 Å². The molecule has 1 aromatic carbocycles. The molecule has 0 aromatic heterocycles. The number of benzene rings is 1. The Morgan fingerprint density at radius 2 is 2.00 bits per heavy atom. The first kappa shape index (κ1) is 14.7. The largest absolute Gasteiger partial charge is 0.336 e. The summed E-state index contributed by atoms with van der Waals surface area (Å²) in [6.07, 6.45) is 0. The van der Waals surface area contributed by atoms with Crippen LogP contribution in [0.5, 0.6) is 0 Å². The summed E-state index contributed by atoms with van der Waals surface area (Å²) >= 11 is 5.75.